The van der Waals surface area contributed by atoms with Crippen LogP contribution in [0.15, 0.2) is 35.3 Å². The Bertz CT molecular complexity index is 695. The lowest BCUT2D eigenvalue weighted by Crippen LogP contribution is -2.25. The quantitative estimate of drug-likeness (QED) is 0.918. The molecule has 0 amide bonds. The number of aliphatic imine (C=N–C) groups is 1. The second-order valence-corrected chi connectivity index (χ2v) is 6.63. The molecule has 0 aliphatic carbocycles. The van der Waals surface area contributed by atoms with Gasteiger partial charge in [0.05, 0.1) is 12.3 Å². The second-order valence-electron chi connectivity index (χ2n) is 5.10. The minimum atomic E-state index is -0.744. The number of benzene rings is 1. The average Bonchev–Trinajstić information content (AvgIpc) is 2.85. The van der Waals surface area contributed by atoms with E-state index in [1.54, 1.807) is 11.3 Å². The van der Waals surface area contributed by atoms with Gasteiger partial charge in [-0.2, -0.15) is 0 Å². The van der Waals surface area contributed by atoms with Gasteiger partial charge >= 0.3 is 0 Å². The Hall–Kier alpha value is -1.36. The zero-order chi connectivity index (χ0) is 15.0. The van der Waals surface area contributed by atoms with E-state index in [2.05, 4.69) is 22.9 Å². The van der Waals surface area contributed by atoms with Crippen molar-refractivity contribution in [3.63, 3.8) is 0 Å². The topological polar surface area (TPSA) is 35.8 Å². The van der Waals surface area contributed by atoms with E-state index in [0.29, 0.717) is 11.6 Å². The van der Waals surface area contributed by atoms with Crippen LogP contribution in [0.1, 0.15) is 22.9 Å². The Balaban J connectivity index is 2.20. The van der Waals surface area contributed by atoms with Crippen LogP contribution in [0.2, 0.25) is 5.02 Å². The maximum absolute atomic E-state index is 10.1. The van der Waals surface area contributed by atoms with E-state index in [9.17, 15) is 5.11 Å². The molecule has 3 nitrogen and oxygen atoms in total. The number of halogens is 1. The highest BCUT2D eigenvalue weighted by Crippen LogP contribution is 2.36. The lowest BCUT2D eigenvalue weighted by Gasteiger charge is -2.17. The summed E-state index contributed by atoms with van der Waals surface area (Å²) in [5, 5.41) is 11.9. The molecule has 0 saturated carbocycles. The van der Waals surface area contributed by atoms with Crippen LogP contribution in [0, 0.1) is 0 Å². The molecular weight excluding hydrogens is 304 g/mol. The number of aliphatic hydroxyl groups excluding tert-OH is 1. The molecular formula is C16H17ClN2OS. The predicted molar refractivity (Wildman–Crippen MR) is 90.1 cm³/mol. The fraction of sp³-hybridized carbons (Fsp3) is 0.312. The van der Waals surface area contributed by atoms with Gasteiger partial charge < -0.3 is 10.0 Å². The first kappa shape index (κ1) is 14.6. The predicted octanol–water partition coefficient (Wildman–Crippen LogP) is 3.57. The highest BCUT2D eigenvalue weighted by molar-refractivity contribution is 7.16. The third kappa shape index (κ3) is 2.71. The first-order chi connectivity index (χ1) is 10.1. The summed E-state index contributed by atoms with van der Waals surface area (Å²) in [5.74, 6) is 0. The Kier molecular flexibility index (Phi) is 4.02. The van der Waals surface area contributed by atoms with Crippen LogP contribution in [0.5, 0.6) is 0 Å². The summed E-state index contributed by atoms with van der Waals surface area (Å²) in [5.41, 5.74) is 2.71. The van der Waals surface area contributed by atoms with E-state index in [0.717, 1.165) is 28.3 Å². The zero-order valence-electron chi connectivity index (χ0n) is 12.0. The Morgan fingerprint density at radius 1 is 1.38 bits per heavy atom. The molecule has 110 valence electrons. The third-order valence-corrected chi connectivity index (χ3v) is 5.28. The van der Waals surface area contributed by atoms with Crippen molar-refractivity contribution in [3.05, 3.63) is 51.4 Å². The summed E-state index contributed by atoms with van der Waals surface area (Å²) < 4.78 is 0. The van der Waals surface area contributed by atoms with Gasteiger partial charge in [-0.3, -0.25) is 4.99 Å². The molecule has 1 aromatic heterocycles. The molecule has 1 atom stereocenters. The summed E-state index contributed by atoms with van der Waals surface area (Å²) in [6, 6.07) is 9.81. The lowest BCUT2D eigenvalue weighted by atomic mass is 10.0. The number of aliphatic hydroxyl groups is 1. The molecule has 2 heterocycles. The van der Waals surface area contributed by atoms with Gasteiger partial charge in [-0.15, -0.1) is 11.3 Å². The second kappa shape index (κ2) is 5.79. The summed E-state index contributed by atoms with van der Waals surface area (Å²) in [4.78, 5) is 7.87. The van der Waals surface area contributed by atoms with Gasteiger partial charge in [0.2, 0.25) is 0 Å². The molecule has 21 heavy (non-hydrogen) atoms. The molecule has 0 radical (unpaired) electrons. The van der Waals surface area contributed by atoms with Crippen molar-refractivity contribution in [3.8, 4) is 0 Å². The van der Waals surface area contributed by atoms with Crippen molar-refractivity contribution in [2.24, 2.45) is 4.99 Å². The lowest BCUT2D eigenvalue weighted by molar-refractivity contribution is 0.192. The smallest absolute Gasteiger partial charge is 0.163 e. The highest BCUT2D eigenvalue weighted by atomic mass is 35.5. The number of nitrogens with zero attached hydrogens (tertiary/aromatic N) is 2. The largest absolute Gasteiger partial charge is 0.370 e. The number of hydrogen-bond acceptors (Lipinski definition) is 4. The number of β-amino-alcohol motifs (C(OH)–C–C–N with tert-alkyl or cyclic N) is 1. The van der Waals surface area contributed by atoms with E-state index in [1.165, 1.54) is 4.88 Å². The van der Waals surface area contributed by atoms with Crippen LogP contribution in [0.4, 0.5) is 5.00 Å². The van der Waals surface area contributed by atoms with E-state index in [4.69, 9.17) is 11.6 Å². The normalized spacial score (nSPS) is 18.2. The molecule has 5 heteroatoms. The van der Waals surface area contributed by atoms with Crippen LogP contribution in [-0.2, 0) is 6.42 Å². The standard InChI is InChI=1S/C16H17ClN2OS/c1-3-10-8-12-15(11-6-4-5-7-13(11)17)18-14(20)9-19(2)16(12)21-10/h4-8,14,20H,3,9H2,1-2H3. The van der Waals surface area contributed by atoms with Crippen LogP contribution < -0.4 is 4.90 Å². The van der Waals surface area contributed by atoms with Crippen molar-refractivity contribution >= 4 is 33.7 Å². The molecule has 1 unspecified atom stereocenters. The molecule has 1 N–H and O–H groups in total. The molecule has 1 aromatic carbocycles. The number of anilines is 1. The molecule has 3 rings (SSSR count). The van der Waals surface area contributed by atoms with Crippen molar-refractivity contribution in [1.29, 1.82) is 0 Å². The van der Waals surface area contributed by atoms with E-state index < -0.39 is 6.23 Å². The van der Waals surface area contributed by atoms with E-state index in [-0.39, 0.29) is 0 Å². The van der Waals surface area contributed by atoms with Gasteiger partial charge in [-0.1, -0.05) is 36.7 Å². The average molecular weight is 321 g/mol. The van der Waals surface area contributed by atoms with E-state index >= 15 is 0 Å². The molecule has 1 aliphatic rings. The Morgan fingerprint density at radius 2 is 2.14 bits per heavy atom. The van der Waals surface area contributed by atoms with Crippen LogP contribution in [0.3, 0.4) is 0 Å². The number of fused-ring (bicyclic) bond motifs is 1. The van der Waals surface area contributed by atoms with Gasteiger partial charge in [-0.25, -0.2) is 0 Å². The van der Waals surface area contributed by atoms with Crippen LogP contribution >= 0.6 is 22.9 Å². The molecule has 0 spiro atoms. The summed E-state index contributed by atoms with van der Waals surface area (Å²) >= 11 is 8.08. The zero-order valence-corrected chi connectivity index (χ0v) is 13.6. The maximum atomic E-state index is 10.1. The highest BCUT2D eigenvalue weighted by Gasteiger charge is 2.25. The van der Waals surface area contributed by atoms with Crippen molar-refractivity contribution in [2.75, 3.05) is 18.5 Å². The third-order valence-electron chi connectivity index (χ3n) is 3.56. The summed E-state index contributed by atoms with van der Waals surface area (Å²) in [6.45, 7) is 2.64. The van der Waals surface area contributed by atoms with Crippen molar-refractivity contribution in [2.45, 2.75) is 19.6 Å². The Labute approximate surface area is 133 Å². The van der Waals surface area contributed by atoms with Crippen LogP contribution in [0.25, 0.3) is 0 Å². The van der Waals surface area contributed by atoms with Gasteiger partial charge in [0.15, 0.2) is 6.23 Å². The van der Waals surface area contributed by atoms with E-state index in [1.807, 2.05) is 31.3 Å². The summed E-state index contributed by atoms with van der Waals surface area (Å²) in [7, 11) is 1.99. The number of rotatable bonds is 2. The van der Waals surface area contributed by atoms with Gasteiger partial charge in [0, 0.05) is 28.1 Å². The van der Waals surface area contributed by atoms with Gasteiger partial charge in [-0.05, 0) is 18.6 Å². The monoisotopic (exact) mass is 320 g/mol. The fourth-order valence-electron chi connectivity index (χ4n) is 2.51. The SMILES string of the molecule is CCc1cc2c(s1)N(C)CC(O)N=C2c1ccccc1Cl. The van der Waals surface area contributed by atoms with Gasteiger partial charge in [0.25, 0.3) is 0 Å². The van der Waals surface area contributed by atoms with Crippen molar-refractivity contribution < 1.29 is 5.11 Å². The molecule has 1 aliphatic heterocycles. The molecule has 2 aromatic rings. The Morgan fingerprint density at radius 3 is 2.86 bits per heavy atom. The number of thiophene rings is 1. The molecule has 0 bridgehead atoms. The molecule has 0 fully saturated rings. The van der Waals surface area contributed by atoms with Crippen molar-refractivity contribution in [1.82, 2.24) is 0 Å². The van der Waals surface area contributed by atoms with Gasteiger partial charge in [0.1, 0.15) is 5.00 Å². The fourth-order valence-corrected chi connectivity index (χ4v) is 3.80. The number of aryl methyl sites for hydroxylation is 1. The molecule has 0 saturated heterocycles. The maximum Gasteiger partial charge on any atom is 0.163 e. The number of hydrogen-bond donors (Lipinski definition) is 1. The van der Waals surface area contributed by atoms with Crippen LogP contribution in [-0.4, -0.2) is 30.6 Å². The minimum Gasteiger partial charge on any atom is -0.370 e. The first-order valence-corrected chi connectivity index (χ1v) is 8.14. The summed E-state index contributed by atoms with van der Waals surface area (Å²) in [6.07, 6.45) is 0.245. The minimum absolute atomic E-state index is 0.491. The first-order valence-electron chi connectivity index (χ1n) is 6.95. The number of likely N-dealkylation sites (N-methyl/N-ethyl adjacent to an activating group) is 1.